The molecule has 1 aromatic carbocycles. The van der Waals surface area contributed by atoms with Crippen molar-refractivity contribution in [2.24, 2.45) is 10.4 Å². The van der Waals surface area contributed by atoms with Gasteiger partial charge in [0.1, 0.15) is 5.82 Å². The molecule has 2 aliphatic rings. The van der Waals surface area contributed by atoms with E-state index in [2.05, 4.69) is 5.32 Å². The van der Waals surface area contributed by atoms with Crippen LogP contribution in [0.5, 0.6) is 0 Å². The SMILES string of the molecule is Cc1cc(F)cc(NC2=NCC3(CCCCC3)CS2)c1. The van der Waals surface area contributed by atoms with Crippen molar-refractivity contribution in [3.8, 4) is 0 Å². The van der Waals surface area contributed by atoms with E-state index in [-0.39, 0.29) is 5.82 Å². The molecule has 1 fully saturated rings. The van der Waals surface area contributed by atoms with Crippen LogP contribution < -0.4 is 5.32 Å². The second kappa shape index (κ2) is 5.76. The first-order valence-electron chi connectivity index (χ1n) is 7.37. The first-order valence-corrected chi connectivity index (χ1v) is 8.35. The summed E-state index contributed by atoms with van der Waals surface area (Å²) >= 11 is 1.79. The number of halogens is 1. The van der Waals surface area contributed by atoms with Gasteiger partial charge in [-0.3, -0.25) is 4.99 Å². The Kier molecular flexibility index (Phi) is 4.01. The van der Waals surface area contributed by atoms with Gasteiger partial charge in [-0.25, -0.2) is 4.39 Å². The summed E-state index contributed by atoms with van der Waals surface area (Å²) in [5.74, 6) is 0.949. The van der Waals surface area contributed by atoms with Gasteiger partial charge in [-0.05, 0) is 48.9 Å². The van der Waals surface area contributed by atoms with Crippen molar-refractivity contribution < 1.29 is 4.39 Å². The Hall–Kier alpha value is -1.03. The summed E-state index contributed by atoms with van der Waals surface area (Å²) in [7, 11) is 0. The highest BCUT2D eigenvalue weighted by Crippen LogP contribution is 2.41. The fourth-order valence-corrected chi connectivity index (χ4v) is 4.33. The molecule has 1 aliphatic carbocycles. The Morgan fingerprint density at radius 1 is 1.20 bits per heavy atom. The van der Waals surface area contributed by atoms with Gasteiger partial charge in [0.05, 0.1) is 0 Å². The fraction of sp³-hybridized carbons (Fsp3) is 0.562. The van der Waals surface area contributed by atoms with E-state index in [1.54, 1.807) is 11.8 Å². The van der Waals surface area contributed by atoms with Crippen molar-refractivity contribution in [3.63, 3.8) is 0 Å². The zero-order valence-corrected chi connectivity index (χ0v) is 12.7. The van der Waals surface area contributed by atoms with Gasteiger partial charge in [0.2, 0.25) is 0 Å². The Balaban J connectivity index is 1.67. The molecule has 1 N–H and O–H groups in total. The smallest absolute Gasteiger partial charge is 0.161 e. The molecule has 1 saturated carbocycles. The molecule has 1 heterocycles. The molecule has 2 nitrogen and oxygen atoms in total. The van der Waals surface area contributed by atoms with E-state index in [9.17, 15) is 4.39 Å². The summed E-state index contributed by atoms with van der Waals surface area (Å²) in [6.45, 7) is 2.83. The van der Waals surface area contributed by atoms with Crippen LogP contribution in [-0.4, -0.2) is 17.5 Å². The number of benzene rings is 1. The van der Waals surface area contributed by atoms with Gasteiger partial charge in [-0.2, -0.15) is 0 Å². The molecular formula is C16H21FN2S. The maximum atomic E-state index is 13.4. The van der Waals surface area contributed by atoms with Crippen molar-refractivity contribution in [3.05, 3.63) is 29.6 Å². The fourth-order valence-electron chi connectivity index (χ4n) is 3.16. The van der Waals surface area contributed by atoms with Crippen LogP contribution in [0.2, 0.25) is 0 Å². The molecule has 0 amide bonds. The highest BCUT2D eigenvalue weighted by atomic mass is 32.2. The second-order valence-corrected chi connectivity index (χ2v) is 7.08. The highest BCUT2D eigenvalue weighted by Gasteiger charge is 2.34. The first-order chi connectivity index (χ1) is 9.65. The number of rotatable bonds is 1. The Morgan fingerprint density at radius 3 is 2.65 bits per heavy atom. The van der Waals surface area contributed by atoms with Crippen molar-refractivity contribution in [2.75, 3.05) is 17.6 Å². The zero-order valence-electron chi connectivity index (χ0n) is 11.9. The minimum absolute atomic E-state index is 0.197. The van der Waals surface area contributed by atoms with Crippen molar-refractivity contribution >= 4 is 22.6 Å². The number of hydrogen-bond donors (Lipinski definition) is 1. The van der Waals surface area contributed by atoms with Gasteiger partial charge in [-0.15, -0.1) is 0 Å². The van der Waals surface area contributed by atoms with E-state index < -0.39 is 0 Å². The van der Waals surface area contributed by atoms with E-state index >= 15 is 0 Å². The lowest BCUT2D eigenvalue weighted by molar-refractivity contribution is 0.232. The van der Waals surface area contributed by atoms with Gasteiger partial charge in [0.15, 0.2) is 5.17 Å². The normalized spacial score (nSPS) is 21.6. The van der Waals surface area contributed by atoms with Crippen LogP contribution in [0.4, 0.5) is 10.1 Å². The molecule has 108 valence electrons. The van der Waals surface area contributed by atoms with Crippen LogP contribution in [0.15, 0.2) is 23.2 Å². The minimum Gasteiger partial charge on any atom is -0.335 e. The number of nitrogens with one attached hydrogen (secondary N) is 1. The van der Waals surface area contributed by atoms with Gasteiger partial charge in [0.25, 0.3) is 0 Å². The molecule has 0 saturated heterocycles. The first kappa shape index (κ1) is 13.9. The van der Waals surface area contributed by atoms with Crippen LogP contribution >= 0.6 is 11.8 Å². The molecule has 1 spiro atoms. The van der Waals surface area contributed by atoms with Gasteiger partial charge in [0, 0.05) is 18.0 Å². The highest BCUT2D eigenvalue weighted by molar-refractivity contribution is 8.14. The molecule has 0 unspecified atom stereocenters. The molecule has 3 rings (SSSR count). The maximum Gasteiger partial charge on any atom is 0.161 e. The standard InChI is InChI=1S/C16H21FN2S/c1-12-7-13(17)9-14(8-12)19-15-18-10-16(11-20-15)5-3-2-4-6-16/h7-9H,2-6,10-11H2,1H3,(H,18,19). The average Bonchev–Trinajstić information content (AvgIpc) is 2.42. The third kappa shape index (κ3) is 3.17. The molecule has 1 aromatic rings. The third-order valence-electron chi connectivity index (χ3n) is 4.28. The Labute approximate surface area is 124 Å². The summed E-state index contributed by atoms with van der Waals surface area (Å²) in [4.78, 5) is 4.71. The lowest BCUT2D eigenvalue weighted by atomic mass is 9.75. The van der Waals surface area contributed by atoms with Crippen LogP contribution in [0, 0.1) is 18.2 Å². The Bertz CT molecular complexity index is 501. The van der Waals surface area contributed by atoms with E-state index in [1.165, 1.54) is 44.2 Å². The molecule has 0 radical (unpaired) electrons. The quantitative estimate of drug-likeness (QED) is 0.818. The van der Waals surface area contributed by atoms with Gasteiger partial charge < -0.3 is 5.32 Å². The number of aryl methyl sites for hydroxylation is 1. The number of anilines is 1. The monoisotopic (exact) mass is 292 g/mol. The Morgan fingerprint density at radius 2 is 2.00 bits per heavy atom. The summed E-state index contributed by atoms with van der Waals surface area (Å²) < 4.78 is 13.4. The molecule has 4 heteroatoms. The lowest BCUT2D eigenvalue weighted by Crippen LogP contribution is -2.35. The lowest BCUT2D eigenvalue weighted by Gasteiger charge is -2.38. The third-order valence-corrected chi connectivity index (χ3v) is 5.54. The van der Waals surface area contributed by atoms with Gasteiger partial charge in [-0.1, -0.05) is 31.0 Å². The minimum atomic E-state index is -0.197. The van der Waals surface area contributed by atoms with E-state index in [0.29, 0.717) is 5.41 Å². The van der Waals surface area contributed by atoms with Crippen LogP contribution in [0.1, 0.15) is 37.7 Å². The molecule has 1 aliphatic heterocycles. The van der Waals surface area contributed by atoms with Gasteiger partial charge >= 0.3 is 0 Å². The topological polar surface area (TPSA) is 24.4 Å². The number of hydrogen-bond acceptors (Lipinski definition) is 3. The second-order valence-electron chi connectivity index (χ2n) is 6.11. The van der Waals surface area contributed by atoms with Crippen molar-refractivity contribution in [1.82, 2.24) is 0 Å². The number of aliphatic imine (C=N–C) groups is 1. The van der Waals surface area contributed by atoms with Crippen molar-refractivity contribution in [1.29, 1.82) is 0 Å². The average molecular weight is 292 g/mol. The van der Waals surface area contributed by atoms with Crippen molar-refractivity contribution in [2.45, 2.75) is 39.0 Å². The maximum absolute atomic E-state index is 13.4. The van der Waals surface area contributed by atoms with Crippen LogP contribution in [0.25, 0.3) is 0 Å². The molecular weight excluding hydrogens is 271 g/mol. The summed E-state index contributed by atoms with van der Waals surface area (Å²) in [6, 6.07) is 5.02. The summed E-state index contributed by atoms with van der Waals surface area (Å²) in [5.41, 5.74) is 2.16. The van der Waals surface area contributed by atoms with E-state index in [1.807, 2.05) is 13.0 Å². The largest absolute Gasteiger partial charge is 0.335 e. The predicted octanol–water partition coefficient (Wildman–Crippen LogP) is 4.60. The molecule has 0 aromatic heterocycles. The summed E-state index contributed by atoms with van der Waals surface area (Å²) in [6.07, 6.45) is 6.71. The molecule has 0 atom stereocenters. The van der Waals surface area contributed by atoms with Crippen LogP contribution in [-0.2, 0) is 0 Å². The van der Waals surface area contributed by atoms with Crippen LogP contribution in [0.3, 0.4) is 0 Å². The molecule has 20 heavy (non-hydrogen) atoms. The van der Waals surface area contributed by atoms with E-state index in [4.69, 9.17) is 4.99 Å². The van der Waals surface area contributed by atoms with E-state index in [0.717, 1.165) is 28.7 Å². The zero-order chi connectivity index (χ0) is 14.0. The number of amidine groups is 1. The molecule has 0 bridgehead atoms. The summed E-state index contributed by atoms with van der Waals surface area (Å²) in [5, 5.41) is 4.19. The number of nitrogens with zero attached hydrogens (tertiary/aromatic N) is 1. The number of thioether (sulfide) groups is 1. The predicted molar refractivity (Wildman–Crippen MR) is 85.0 cm³/mol.